The molecule has 0 amide bonds. The Hall–Kier alpha value is -0.820. The van der Waals surface area contributed by atoms with E-state index in [2.05, 4.69) is 50.4 Å². The van der Waals surface area contributed by atoms with E-state index in [-0.39, 0.29) is 0 Å². The number of aryl methyl sites for hydroxylation is 1. The van der Waals surface area contributed by atoms with Gasteiger partial charge in [-0.2, -0.15) is 0 Å². The van der Waals surface area contributed by atoms with Crippen LogP contribution in [0.15, 0.2) is 24.3 Å². The van der Waals surface area contributed by atoms with Crippen molar-refractivity contribution < 1.29 is 0 Å². The second kappa shape index (κ2) is 8.30. The van der Waals surface area contributed by atoms with Crippen LogP contribution >= 0.6 is 0 Å². The van der Waals surface area contributed by atoms with E-state index in [4.69, 9.17) is 0 Å². The lowest BCUT2D eigenvalue weighted by Crippen LogP contribution is -2.25. The molecule has 0 radical (unpaired) electrons. The van der Waals surface area contributed by atoms with Crippen LogP contribution in [0.1, 0.15) is 57.6 Å². The monoisotopic (exact) mass is 233 g/mol. The Bertz CT molecular complexity index is 289. The normalized spacial score (nSPS) is 12.6. The Morgan fingerprint density at radius 1 is 1.00 bits per heavy atom. The van der Waals surface area contributed by atoms with Crippen LogP contribution < -0.4 is 5.32 Å². The summed E-state index contributed by atoms with van der Waals surface area (Å²) in [7, 11) is 0. The maximum atomic E-state index is 3.60. The number of benzene rings is 1. The fourth-order valence-electron chi connectivity index (χ4n) is 1.99. The van der Waals surface area contributed by atoms with Crippen LogP contribution in [0.5, 0.6) is 0 Å². The molecule has 0 bridgehead atoms. The molecule has 0 aliphatic rings. The van der Waals surface area contributed by atoms with Crippen LogP contribution in [0.4, 0.5) is 0 Å². The maximum absolute atomic E-state index is 3.60. The fraction of sp³-hybridized carbons (Fsp3) is 0.625. The van der Waals surface area contributed by atoms with Gasteiger partial charge in [0.1, 0.15) is 0 Å². The Morgan fingerprint density at radius 3 is 2.24 bits per heavy atom. The van der Waals surface area contributed by atoms with Gasteiger partial charge in [0, 0.05) is 12.6 Å². The fourth-order valence-corrected chi connectivity index (χ4v) is 1.99. The minimum Gasteiger partial charge on any atom is -0.310 e. The average Bonchev–Trinajstić information content (AvgIpc) is 2.37. The van der Waals surface area contributed by atoms with Crippen LogP contribution in [0, 0.1) is 0 Å². The van der Waals surface area contributed by atoms with E-state index in [1.165, 1.54) is 36.8 Å². The van der Waals surface area contributed by atoms with E-state index in [1.54, 1.807) is 0 Å². The molecule has 0 aliphatic heterocycles. The van der Waals surface area contributed by atoms with Gasteiger partial charge in [-0.05, 0) is 30.9 Å². The molecule has 0 heterocycles. The van der Waals surface area contributed by atoms with Gasteiger partial charge in [0.15, 0.2) is 0 Å². The second-order valence-electron chi connectivity index (χ2n) is 4.95. The zero-order valence-corrected chi connectivity index (χ0v) is 11.6. The van der Waals surface area contributed by atoms with Gasteiger partial charge in [0.2, 0.25) is 0 Å². The van der Waals surface area contributed by atoms with Crippen LogP contribution in [-0.2, 0) is 13.0 Å². The zero-order chi connectivity index (χ0) is 12.5. The molecule has 1 aromatic carbocycles. The topological polar surface area (TPSA) is 12.0 Å². The molecule has 1 heteroatoms. The lowest BCUT2D eigenvalue weighted by molar-refractivity contribution is 0.487. The van der Waals surface area contributed by atoms with Crippen molar-refractivity contribution in [1.82, 2.24) is 5.32 Å². The Morgan fingerprint density at radius 2 is 1.65 bits per heavy atom. The molecule has 1 atom stereocenters. The van der Waals surface area contributed by atoms with Crippen LogP contribution in [0.25, 0.3) is 0 Å². The third kappa shape index (κ3) is 5.88. The van der Waals surface area contributed by atoms with E-state index in [1.807, 2.05) is 0 Å². The van der Waals surface area contributed by atoms with E-state index >= 15 is 0 Å². The van der Waals surface area contributed by atoms with Crippen LogP contribution in [0.2, 0.25) is 0 Å². The second-order valence-corrected chi connectivity index (χ2v) is 4.95. The molecule has 96 valence electrons. The quantitative estimate of drug-likeness (QED) is 0.660. The molecular formula is C16H27N. The van der Waals surface area contributed by atoms with Crippen molar-refractivity contribution in [3.05, 3.63) is 35.4 Å². The molecule has 0 aromatic heterocycles. The highest BCUT2D eigenvalue weighted by Gasteiger charge is 2.01. The van der Waals surface area contributed by atoms with Gasteiger partial charge >= 0.3 is 0 Å². The first kappa shape index (κ1) is 14.2. The highest BCUT2D eigenvalue weighted by Crippen LogP contribution is 2.07. The van der Waals surface area contributed by atoms with Gasteiger partial charge in [-0.15, -0.1) is 0 Å². The van der Waals surface area contributed by atoms with Gasteiger partial charge in [-0.1, -0.05) is 57.4 Å². The molecule has 1 N–H and O–H groups in total. The summed E-state index contributed by atoms with van der Waals surface area (Å²) in [6.07, 6.45) is 6.43. The standard InChI is InChI=1S/C16H27N/c1-4-6-7-8-14(3)17-13-16-11-9-15(5-2)10-12-16/h9-12,14,17H,4-8,13H2,1-3H3. The minimum atomic E-state index is 0.632. The van der Waals surface area contributed by atoms with Crippen molar-refractivity contribution in [3.63, 3.8) is 0 Å². The highest BCUT2D eigenvalue weighted by molar-refractivity contribution is 5.22. The van der Waals surface area contributed by atoms with Gasteiger partial charge in [0.25, 0.3) is 0 Å². The average molecular weight is 233 g/mol. The van der Waals surface area contributed by atoms with Crippen molar-refractivity contribution in [1.29, 1.82) is 0 Å². The molecule has 1 unspecified atom stereocenters. The summed E-state index contributed by atoms with van der Waals surface area (Å²) >= 11 is 0. The number of hydrogen-bond donors (Lipinski definition) is 1. The van der Waals surface area contributed by atoms with Gasteiger partial charge in [-0.3, -0.25) is 0 Å². The molecule has 1 nitrogen and oxygen atoms in total. The van der Waals surface area contributed by atoms with Crippen LogP contribution in [0.3, 0.4) is 0 Å². The van der Waals surface area contributed by atoms with E-state index < -0.39 is 0 Å². The van der Waals surface area contributed by atoms with Crippen molar-refractivity contribution >= 4 is 0 Å². The van der Waals surface area contributed by atoms with Gasteiger partial charge in [-0.25, -0.2) is 0 Å². The Labute approximate surface area is 107 Å². The van der Waals surface area contributed by atoms with Crippen molar-refractivity contribution in [3.8, 4) is 0 Å². The summed E-state index contributed by atoms with van der Waals surface area (Å²) in [5, 5.41) is 3.60. The molecule has 0 fully saturated rings. The first-order chi connectivity index (χ1) is 8.26. The van der Waals surface area contributed by atoms with Crippen LogP contribution in [-0.4, -0.2) is 6.04 Å². The van der Waals surface area contributed by atoms with Gasteiger partial charge in [0.05, 0.1) is 0 Å². The summed E-state index contributed by atoms with van der Waals surface area (Å²) < 4.78 is 0. The number of hydrogen-bond acceptors (Lipinski definition) is 1. The summed E-state index contributed by atoms with van der Waals surface area (Å²) in [6, 6.07) is 9.58. The summed E-state index contributed by atoms with van der Waals surface area (Å²) in [6.45, 7) is 7.74. The van der Waals surface area contributed by atoms with Gasteiger partial charge < -0.3 is 5.32 Å². The lowest BCUT2D eigenvalue weighted by Gasteiger charge is -2.13. The molecule has 0 spiro atoms. The van der Waals surface area contributed by atoms with E-state index in [9.17, 15) is 0 Å². The molecule has 1 aromatic rings. The molecule has 17 heavy (non-hydrogen) atoms. The predicted molar refractivity (Wildman–Crippen MR) is 76.3 cm³/mol. The van der Waals surface area contributed by atoms with Crippen molar-refractivity contribution in [2.75, 3.05) is 0 Å². The third-order valence-corrected chi connectivity index (χ3v) is 3.33. The first-order valence-corrected chi connectivity index (χ1v) is 7.07. The Balaban J connectivity index is 2.24. The summed E-state index contributed by atoms with van der Waals surface area (Å²) in [4.78, 5) is 0. The molecule has 1 rings (SSSR count). The Kier molecular flexibility index (Phi) is 6.95. The smallest absolute Gasteiger partial charge is 0.0207 e. The SMILES string of the molecule is CCCCCC(C)NCc1ccc(CC)cc1. The largest absolute Gasteiger partial charge is 0.310 e. The van der Waals surface area contributed by atoms with Crippen molar-refractivity contribution in [2.24, 2.45) is 0 Å². The minimum absolute atomic E-state index is 0.632. The molecular weight excluding hydrogens is 206 g/mol. The highest BCUT2D eigenvalue weighted by atomic mass is 14.9. The molecule has 0 saturated carbocycles. The number of nitrogens with one attached hydrogen (secondary N) is 1. The number of rotatable bonds is 8. The van der Waals surface area contributed by atoms with E-state index in [0.717, 1.165) is 13.0 Å². The predicted octanol–water partition coefficient (Wildman–Crippen LogP) is 4.31. The zero-order valence-electron chi connectivity index (χ0n) is 11.6. The first-order valence-electron chi connectivity index (χ1n) is 7.07. The lowest BCUT2D eigenvalue weighted by atomic mass is 10.1. The maximum Gasteiger partial charge on any atom is 0.0207 e. The summed E-state index contributed by atoms with van der Waals surface area (Å²) in [5.74, 6) is 0. The number of unbranched alkanes of at least 4 members (excludes halogenated alkanes) is 2. The molecule has 0 aliphatic carbocycles. The van der Waals surface area contributed by atoms with Crippen molar-refractivity contribution in [2.45, 2.75) is 65.5 Å². The van der Waals surface area contributed by atoms with E-state index in [0.29, 0.717) is 6.04 Å². The summed E-state index contributed by atoms with van der Waals surface area (Å²) in [5.41, 5.74) is 2.81. The third-order valence-electron chi connectivity index (χ3n) is 3.33. The molecule has 0 saturated heterocycles.